The monoisotopic (exact) mass is 519 g/mol. The molecule has 0 unspecified atom stereocenters. The predicted octanol–water partition coefficient (Wildman–Crippen LogP) is 1.56. The molecule has 0 spiro atoms. The van der Waals surface area contributed by atoms with E-state index in [1.165, 1.54) is 6.07 Å². The molecule has 2 fully saturated rings. The van der Waals surface area contributed by atoms with Crippen LogP contribution in [0.2, 0.25) is 0 Å². The number of methoxy groups -OCH3 is 1. The third kappa shape index (κ3) is 7.38. The summed E-state index contributed by atoms with van der Waals surface area (Å²) in [6.45, 7) is 4.57. The topological polar surface area (TPSA) is 69.2 Å². The number of halogens is 2. The number of amides is 1. The summed E-state index contributed by atoms with van der Waals surface area (Å²) in [4.78, 5) is 20.7. The molecule has 1 aromatic carbocycles. The van der Waals surface area contributed by atoms with Crippen molar-refractivity contribution in [2.45, 2.75) is 32.0 Å². The smallest absolute Gasteiger partial charge is 0.234 e. The van der Waals surface area contributed by atoms with E-state index in [1.54, 1.807) is 20.2 Å². The number of rotatable bonds is 7. The Labute approximate surface area is 189 Å². The number of nitrogens with zero attached hydrogens (tertiary/aromatic N) is 3. The number of nitrogens with one attached hydrogen (secondary N) is 2. The Kier molecular flexibility index (Phi) is 9.57. The third-order valence-electron chi connectivity index (χ3n) is 5.05. The summed E-state index contributed by atoms with van der Waals surface area (Å²) in [5.41, 5.74) is 1.53. The molecule has 1 saturated carbocycles. The molecule has 162 valence electrons. The van der Waals surface area contributed by atoms with E-state index in [-0.39, 0.29) is 42.3 Å². The molecule has 9 heteroatoms. The molecule has 0 aromatic heterocycles. The van der Waals surface area contributed by atoms with Gasteiger partial charge in [-0.2, -0.15) is 0 Å². The van der Waals surface area contributed by atoms with Gasteiger partial charge < -0.3 is 20.3 Å². The highest BCUT2D eigenvalue weighted by molar-refractivity contribution is 14.0. The van der Waals surface area contributed by atoms with Gasteiger partial charge >= 0.3 is 0 Å². The first-order chi connectivity index (χ1) is 13.6. The van der Waals surface area contributed by atoms with E-state index in [0.717, 1.165) is 50.5 Å². The van der Waals surface area contributed by atoms with Gasteiger partial charge in [0, 0.05) is 58.5 Å². The Hall–Kier alpha value is -1.46. The molecule has 7 nitrogen and oxygen atoms in total. The number of hydrogen-bond donors (Lipinski definition) is 2. The summed E-state index contributed by atoms with van der Waals surface area (Å²) in [7, 11) is 3.32. The number of ether oxygens (including phenoxy) is 1. The Morgan fingerprint density at radius 3 is 2.62 bits per heavy atom. The maximum absolute atomic E-state index is 13.7. The maximum Gasteiger partial charge on any atom is 0.234 e. The first-order valence-electron chi connectivity index (χ1n) is 9.82. The molecule has 2 aliphatic rings. The van der Waals surface area contributed by atoms with Crippen LogP contribution in [0.5, 0.6) is 0 Å². The first kappa shape index (κ1) is 23.8. The molecule has 1 saturated heterocycles. The van der Waals surface area contributed by atoms with E-state index in [2.05, 4.69) is 25.4 Å². The van der Waals surface area contributed by atoms with Gasteiger partial charge in [0.05, 0.1) is 13.2 Å². The fraction of sp³-hybridized carbons (Fsp3) is 0.600. The molecular formula is C20H31FIN5O2. The van der Waals surface area contributed by atoms with Crippen LogP contribution in [0, 0.1) is 5.82 Å². The Morgan fingerprint density at radius 2 is 2.00 bits per heavy atom. The predicted molar refractivity (Wildman–Crippen MR) is 122 cm³/mol. The summed E-state index contributed by atoms with van der Waals surface area (Å²) < 4.78 is 18.8. The molecule has 29 heavy (non-hydrogen) atoms. The number of aliphatic imine (C=N–C) groups is 1. The van der Waals surface area contributed by atoms with Crippen molar-refractivity contribution in [2.24, 2.45) is 4.99 Å². The van der Waals surface area contributed by atoms with Crippen molar-refractivity contribution in [1.82, 2.24) is 20.4 Å². The van der Waals surface area contributed by atoms with Crippen LogP contribution in [0.25, 0.3) is 0 Å². The second kappa shape index (κ2) is 11.7. The lowest BCUT2D eigenvalue weighted by molar-refractivity contribution is -0.122. The number of benzene rings is 1. The molecule has 3 rings (SSSR count). The Morgan fingerprint density at radius 1 is 1.28 bits per heavy atom. The quantitative estimate of drug-likeness (QED) is 0.325. The van der Waals surface area contributed by atoms with Gasteiger partial charge in [-0.1, -0.05) is 6.07 Å². The summed E-state index contributed by atoms with van der Waals surface area (Å²) >= 11 is 0. The second-order valence-electron chi connectivity index (χ2n) is 7.36. The number of guanidine groups is 1. The zero-order valence-electron chi connectivity index (χ0n) is 17.1. The van der Waals surface area contributed by atoms with Gasteiger partial charge in [-0.3, -0.25) is 14.7 Å². The number of carbonyl (C=O) groups excluding carboxylic acids is 1. The lowest BCUT2D eigenvalue weighted by atomic mass is 10.1. The fourth-order valence-corrected chi connectivity index (χ4v) is 3.34. The van der Waals surface area contributed by atoms with Gasteiger partial charge in [-0.15, -0.1) is 24.0 Å². The average molecular weight is 519 g/mol. The lowest BCUT2D eigenvalue weighted by Crippen LogP contribution is -2.54. The second-order valence-corrected chi connectivity index (χ2v) is 7.36. The minimum Gasteiger partial charge on any atom is -0.380 e. The number of hydrogen-bond acceptors (Lipinski definition) is 4. The first-order valence-corrected chi connectivity index (χ1v) is 9.82. The van der Waals surface area contributed by atoms with E-state index < -0.39 is 0 Å². The van der Waals surface area contributed by atoms with Crippen LogP contribution in [0.3, 0.4) is 0 Å². The van der Waals surface area contributed by atoms with E-state index in [4.69, 9.17) is 4.74 Å². The highest BCUT2D eigenvalue weighted by Crippen LogP contribution is 2.18. The number of carbonyl (C=O) groups is 1. The summed E-state index contributed by atoms with van der Waals surface area (Å²) in [5.74, 6) is 0.693. The van der Waals surface area contributed by atoms with Crippen LogP contribution in [0.4, 0.5) is 4.39 Å². The van der Waals surface area contributed by atoms with Crippen LogP contribution < -0.4 is 10.6 Å². The van der Waals surface area contributed by atoms with Gasteiger partial charge in [-0.05, 0) is 30.5 Å². The highest BCUT2D eigenvalue weighted by Gasteiger charge is 2.25. The van der Waals surface area contributed by atoms with Crippen LogP contribution in [0.1, 0.15) is 24.0 Å². The maximum atomic E-state index is 13.7. The van der Waals surface area contributed by atoms with Crippen molar-refractivity contribution in [1.29, 1.82) is 0 Å². The Balaban J connectivity index is 0.00000300. The van der Waals surface area contributed by atoms with Crippen LogP contribution in [-0.2, 0) is 22.7 Å². The zero-order chi connectivity index (χ0) is 19.9. The Bertz CT molecular complexity index is 706. The zero-order valence-corrected chi connectivity index (χ0v) is 19.4. The van der Waals surface area contributed by atoms with E-state index in [1.807, 2.05) is 6.07 Å². The van der Waals surface area contributed by atoms with Crippen LogP contribution >= 0.6 is 24.0 Å². The fourth-order valence-electron chi connectivity index (χ4n) is 3.34. The molecule has 1 aliphatic heterocycles. The van der Waals surface area contributed by atoms with E-state index >= 15 is 0 Å². The summed E-state index contributed by atoms with van der Waals surface area (Å²) in [6, 6.07) is 5.47. The van der Waals surface area contributed by atoms with Crippen molar-refractivity contribution in [2.75, 3.05) is 46.9 Å². The lowest BCUT2D eigenvalue weighted by Gasteiger charge is -2.36. The summed E-state index contributed by atoms with van der Waals surface area (Å²) in [6.07, 6.45) is 2.23. The van der Waals surface area contributed by atoms with Crippen molar-refractivity contribution in [3.63, 3.8) is 0 Å². The normalized spacial score (nSPS) is 17.6. The van der Waals surface area contributed by atoms with Crippen molar-refractivity contribution in [3.05, 3.63) is 35.1 Å². The molecule has 0 bridgehead atoms. The minimum atomic E-state index is -0.253. The molecule has 2 N–H and O–H groups in total. The van der Waals surface area contributed by atoms with Crippen molar-refractivity contribution in [3.8, 4) is 0 Å². The van der Waals surface area contributed by atoms with Gasteiger partial charge in [0.2, 0.25) is 5.91 Å². The minimum absolute atomic E-state index is 0. The largest absolute Gasteiger partial charge is 0.380 e. The SMILES string of the molecule is CN=C(NCc1ccc(F)c(COC)c1)N1CCN(CC(=O)NC2CC2)CC1.I. The molecule has 1 amide bonds. The molecule has 1 heterocycles. The van der Waals surface area contributed by atoms with Crippen LogP contribution in [0.15, 0.2) is 23.2 Å². The standard InChI is InChI=1S/C20H30FN5O2.HI/c1-22-20(23-12-15-3-6-18(21)16(11-15)14-28-2)26-9-7-25(8-10-26)13-19(27)24-17-4-5-17;/h3,6,11,17H,4-5,7-10,12-14H2,1-2H3,(H,22,23)(H,24,27);1H. The van der Waals surface area contributed by atoms with Gasteiger partial charge in [0.1, 0.15) is 5.82 Å². The van der Waals surface area contributed by atoms with Crippen LogP contribution in [-0.4, -0.2) is 74.6 Å². The third-order valence-corrected chi connectivity index (χ3v) is 5.05. The van der Waals surface area contributed by atoms with Gasteiger partial charge in [0.25, 0.3) is 0 Å². The average Bonchev–Trinajstić information content (AvgIpc) is 3.50. The van der Waals surface area contributed by atoms with E-state index in [9.17, 15) is 9.18 Å². The van der Waals surface area contributed by atoms with Crippen molar-refractivity contribution >= 4 is 35.8 Å². The summed E-state index contributed by atoms with van der Waals surface area (Å²) in [5, 5.41) is 6.39. The van der Waals surface area contributed by atoms with E-state index in [0.29, 0.717) is 24.7 Å². The van der Waals surface area contributed by atoms with Crippen molar-refractivity contribution < 1.29 is 13.9 Å². The van der Waals surface area contributed by atoms with Gasteiger partial charge in [-0.25, -0.2) is 4.39 Å². The molecular weight excluding hydrogens is 488 g/mol. The molecule has 1 aliphatic carbocycles. The molecule has 1 aromatic rings. The molecule has 0 atom stereocenters. The number of piperazine rings is 1. The highest BCUT2D eigenvalue weighted by atomic mass is 127. The molecule has 0 radical (unpaired) electrons. The van der Waals surface area contributed by atoms with Gasteiger partial charge in [0.15, 0.2) is 5.96 Å².